The van der Waals surface area contributed by atoms with Crippen LogP contribution in [0.1, 0.15) is 38.5 Å². The van der Waals surface area contributed by atoms with Gasteiger partial charge in [0.1, 0.15) is 0 Å². The van der Waals surface area contributed by atoms with Crippen molar-refractivity contribution in [2.24, 2.45) is 5.92 Å². The van der Waals surface area contributed by atoms with Gasteiger partial charge in [0.25, 0.3) is 0 Å². The van der Waals surface area contributed by atoms with Gasteiger partial charge in [0.2, 0.25) is 10.0 Å². The summed E-state index contributed by atoms with van der Waals surface area (Å²) in [5.41, 5.74) is 0. The van der Waals surface area contributed by atoms with Crippen LogP contribution in [0.5, 0.6) is 0 Å². The molecule has 0 aromatic heterocycles. The Morgan fingerprint density at radius 2 is 1.65 bits per heavy atom. The van der Waals surface area contributed by atoms with Gasteiger partial charge in [0.15, 0.2) is 0 Å². The number of hydrogen-bond donors (Lipinski definition) is 2. The van der Waals surface area contributed by atoms with E-state index in [1.54, 1.807) is 0 Å². The maximum absolute atomic E-state index is 11.9. The minimum atomic E-state index is -3.04. The van der Waals surface area contributed by atoms with E-state index in [0.29, 0.717) is 11.7 Å². The molecule has 2 rings (SSSR count). The van der Waals surface area contributed by atoms with Crippen molar-refractivity contribution in [2.75, 3.05) is 18.8 Å². The van der Waals surface area contributed by atoms with Crippen molar-refractivity contribution in [3.63, 3.8) is 0 Å². The topological polar surface area (TPSA) is 58.2 Å². The van der Waals surface area contributed by atoms with Gasteiger partial charge >= 0.3 is 0 Å². The van der Waals surface area contributed by atoms with Crippen molar-refractivity contribution < 1.29 is 8.42 Å². The van der Waals surface area contributed by atoms with Crippen LogP contribution in [0.15, 0.2) is 0 Å². The van der Waals surface area contributed by atoms with Crippen LogP contribution in [0.4, 0.5) is 0 Å². The Hall–Kier alpha value is 0.160. The molecule has 1 saturated heterocycles. The molecule has 1 saturated carbocycles. The fraction of sp³-hybridized carbons (Fsp3) is 1.00. The molecule has 2 aliphatic rings. The predicted octanol–water partition coefficient (Wildman–Crippen LogP) is 1.27. The highest BCUT2D eigenvalue weighted by Gasteiger charge is 2.25. The first-order chi connectivity index (χ1) is 7.66. The average Bonchev–Trinajstić information content (AvgIpc) is 2.70. The van der Waals surface area contributed by atoms with Crippen LogP contribution in [0, 0.1) is 5.92 Å². The molecule has 0 bridgehead atoms. The predicted molar refractivity (Wildman–Crippen MR) is 72.0 cm³/mol. The van der Waals surface area contributed by atoms with E-state index in [0.717, 1.165) is 38.8 Å². The molecule has 6 heteroatoms. The van der Waals surface area contributed by atoms with E-state index in [-0.39, 0.29) is 18.4 Å². The van der Waals surface area contributed by atoms with Gasteiger partial charge in [0, 0.05) is 6.04 Å². The SMILES string of the molecule is Cl.O=S(=O)(CC1CCCC1)NC1CCNCC1. The van der Waals surface area contributed by atoms with Crippen molar-refractivity contribution in [2.45, 2.75) is 44.6 Å². The summed E-state index contributed by atoms with van der Waals surface area (Å²) in [5, 5.41) is 3.24. The third-order valence-corrected chi connectivity index (χ3v) is 5.22. The summed E-state index contributed by atoms with van der Waals surface area (Å²) in [6, 6.07) is 0.160. The van der Waals surface area contributed by atoms with E-state index in [9.17, 15) is 8.42 Å². The molecule has 1 heterocycles. The molecule has 17 heavy (non-hydrogen) atoms. The summed E-state index contributed by atoms with van der Waals surface area (Å²) >= 11 is 0. The van der Waals surface area contributed by atoms with Gasteiger partial charge in [-0.25, -0.2) is 13.1 Å². The van der Waals surface area contributed by atoms with Crippen molar-refractivity contribution >= 4 is 22.4 Å². The number of nitrogens with one attached hydrogen (secondary N) is 2. The Morgan fingerprint density at radius 3 is 2.24 bits per heavy atom. The molecule has 0 atom stereocenters. The maximum atomic E-state index is 11.9. The molecule has 102 valence electrons. The van der Waals surface area contributed by atoms with Crippen molar-refractivity contribution in [3.8, 4) is 0 Å². The van der Waals surface area contributed by atoms with Crippen LogP contribution in [-0.2, 0) is 10.0 Å². The largest absolute Gasteiger partial charge is 0.317 e. The Kier molecular flexibility index (Phi) is 6.20. The lowest BCUT2D eigenvalue weighted by molar-refractivity contribution is 0.424. The maximum Gasteiger partial charge on any atom is 0.212 e. The van der Waals surface area contributed by atoms with E-state index >= 15 is 0 Å². The zero-order valence-electron chi connectivity index (χ0n) is 10.2. The number of halogens is 1. The van der Waals surface area contributed by atoms with Gasteiger partial charge in [-0.15, -0.1) is 12.4 Å². The molecule has 0 spiro atoms. The van der Waals surface area contributed by atoms with Crippen molar-refractivity contribution in [1.29, 1.82) is 0 Å². The van der Waals surface area contributed by atoms with E-state index in [1.165, 1.54) is 12.8 Å². The lowest BCUT2D eigenvalue weighted by atomic mass is 10.1. The third kappa shape index (κ3) is 5.12. The van der Waals surface area contributed by atoms with Crippen molar-refractivity contribution in [3.05, 3.63) is 0 Å². The minimum absolute atomic E-state index is 0. The zero-order valence-corrected chi connectivity index (χ0v) is 11.8. The first kappa shape index (κ1) is 15.2. The Morgan fingerprint density at radius 1 is 1.06 bits per heavy atom. The van der Waals surface area contributed by atoms with E-state index in [1.807, 2.05) is 0 Å². The molecular formula is C11H23ClN2O2S. The summed E-state index contributed by atoms with van der Waals surface area (Å²) in [5.74, 6) is 0.746. The van der Waals surface area contributed by atoms with Gasteiger partial charge in [0.05, 0.1) is 5.75 Å². The molecule has 0 radical (unpaired) electrons. The van der Waals surface area contributed by atoms with Crippen LogP contribution in [0.25, 0.3) is 0 Å². The van der Waals surface area contributed by atoms with Gasteiger partial charge < -0.3 is 5.32 Å². The highest BCUT2D eigenvalue weighted by molar-refractivity contribution is 7.89. The molecule has 1 aliphatic carbocycles. The van der Waals surface area contributed by atoms with Crippen LogP contribution in [0.3, 0.4) is 0 Å². The van der Waals surface area contributed by atoms with Crippen molar-refractivity contribution in [1.82, 2.24) is 10.0 Å². The van der Waals surface area contributed by atoms with E-state index < -0.39 is 10.0 Å². The Bertz CT molecular complexity index is 309. The standard InChI is InChI=1S/C11H22N2O2S.ClH/c14-16(15,9-10-3-1-2-4-10)13-11-5-7-12-8-6-11;/h10-13H,1-9H2;1H. The smallest absolute Gasteiger partial charge is 0.212 e. The normalized spacial score (nSPS) is 23.5. The van der Waals surface area contributed by atoms with E-state index in [2.05, 4.69) is 10.0 Å². The Balaban J connectivity index is 0.00000144. The molecule has 2 N–H and O–H groups in total. The van der Waals surface area contributed by atoms with Gasteiger partial charge in [-0.1, -0.05) is 12.8 Å². The molecule has 2 fully saturated rings. The molecule has 0 aromatic rings. The molecule has 1 aliphatic heterocycles. The van der Waals surface area contributed by atoms with Gasteiger partial charge in [-0.3, -0.25) is 0 Å². The van der Waals surface area contributed by atoms with Crippen LogP contribution >= 0.6 is 12.4 Å². The first-order valence-electron chi connectivity index (χ1n) is 6.36. The zero-order chi connectivity index (χ0) is 11.4. The second-order valence-electron chi connectivity index (χ2n) is 5.07. The fourth-order valence-electron chi connectivity index (χ4n) is 2.73. The summed E-state index contributed by atoms with van der Waals surface area (Å²) in [4.78, 5) is 0. The fourth-order valence-corrected chi connectivity index (χ4v) is 4.52. The molecule has 0 aromatic carbocycles. The van der Waals surface area contributed by atoms with Gasteiger partial charge in [-0.05, 0) is 44.7 Å². The average molecular weight is 283 g/mol. The second kappa shape index (κ2) is 6.92. The first-order valence-corrected chi connectivity index (χ1v) is 8.02. The number of piperidine rings is 1. The number of rotatable bonds is 4. The third-order valence-electron chi connectivity index (χ3n) is 3.62. The van der Waals surface area contributed by atoms with Crippen LogP contribution < -0.4 is 10.0 Å². The van der Waals surface area contributed by atoms with E-state index in [4.69, 9.17) is 0 Å². The number of hydrogen-bond acceptors (Lipinski definition) is 3. The highest BCUT2D eigenvalue weighted by atomic mass is 35.5. The molecule has 0 amide bonds. The summed E-state index contributed by atoms with van der Waals surface area (Å²) in [6.07, 6.45) is 6.43. The van der Waals surface area contributed by atoms with Crippen LogP contribution in [0.2, 0.25) is 0 Å². The summed E-state index contributed by atoms with van der Waals surface area (Å²) in [7, 11) is -3.04. The van der Waals surface area contributed by atoms with Crippen LogP contribution in [-0.4, -0.2) is 33.3 Å². The number of sulfonamides is 1. The quantitative estimate of drug-likeness (QED) is 0.816. The minimum Gasteiger partial charge on any atom is -0.317 e. The Labute approximate surface area is 110 Å². The monoisotopic (exact) mass is 282 g/mol. The highest BCUT2D eigenvalue weighted by Crippen LogP contribution is 2.25. The molecule has 4 nitrogen and oxygen atoms in total. The molecule has 0 unspecified atom stereocenters. The lowest BCUT2D eigenvalue weighted by Gasteiger charge is -2.24. The molecular weight excluding hydrogens is 260 g/mol. The summed E-state index contributed by atoms with van der Waals surface area (Å²) < 4.78 is 26.7. The summed E-state index contributed by atoms with van der Waals surface area (Å²) in [6.45, 7) is 1.85. The lowest BCUT2D eigenvalue weighted by Crippen LogP contribution is -2.44. The van der Waals surface area contributed by atoms with Gasteiger partial charge in [-0.2, -0.15) is 0 Å². The second-order valence-corrected chi connectivity index (χ2v) is 6.87.